The molecule has 116 valence electrons. The summed E-state index contributed by atoms with van der Waals surface area (Å²) in [7, 11) is -3.27. The van der Waals surface area contributed by atoms with Gasteiger partial charge in [-0.15, -0.1) is 0 Å². The quantitative estimate of drug-likeness (QED) is 0.910. The molecule has 1 aromatic carbocycles. The Morgan fingerprint density at radius 2 is 2.10 bits per heavy atom. The zero-order chi connectivity index (χ0) is 15.6. The van der Waals surface area contributed by atoms with Crippen molar-refractivity contribution in [3.63, 3.8) is 0 Å². The Balaban J connectivity index is 2.08. The molecule has 8 heteroatoms. The molecule has 2 rings (SSSR count). The fraction of sp³-hybridized carbons (Fsp3) is 0.462. The predicted octanol–water partition coefficient (Wildman–Crippen LogP) is 2.60. The van der Waals surface area contributed by atoms with Gasteiger partial charge in [0.05, 0.1) is 22.9 Å². The summed E-state index contributed by atoms with van der Waals surface area (Å²) < 4.78 is 24.5. The Bertz CT molecular complexity index is 649. The lowest BCUT2D eigenvalue weighted by molar-refractivity contribution is -0.120. The van der Waals surface area contributed by atoms with E-state index in [2.05, 4.69) is 5.32 Å². The number of amides is 1. The first-order valence-corrected chi connectivity index (χ1v) is 9.09. The Kier molecular flexibility index (Phi) is 5.14. The summed E-state index contributed by atoms with van der Waals surface area (Å²) in [6.45, 7) is 0.656. The third-order valence-corrected chi connectivity index (χ3v) is 5.24. The van der Waals surface area contributed by atoms with E-state index in [1.54, 1.807) is 18.2 Å². The average molecular weight is 351 g/mol. The SMILES string of the molecule is CS(=O)(=O)N1CCC[C@@H](C(=O)Nc2cc(Cl)ccc2Cl)C1. The van der Waals surface area contributed by atoms with Crippen molar-refractivity contribution in [2.75, 3.05) is 24.7 Å². The number of anilines is 1. The van der Waals surface area contributed by atoms with Crippen molar-refractivity contribution in [3.8, 4) is 0 Å². The molecule has 1 aliphatic rings. The molecule has 21 heavy (non-hydrogen) atoms. The van der Waals surface area contributed by atoms with Gasteiger partial charge in [0.15, 0.2) is 0 Å². The van der Waals surface area contributed by atoms with E-state index in [-0.39, 0.29) is 18.4 Å². The number of piperidine rings is 1. The van der Waals surface area contributed by atoms with Crippen molar-refractivity contribution in [3.05, 3.63) is 28.2 Å². The number of nitrogens with zero attached hydrogens (tertiary/aromatic N) is 1. The predicted molar refractivity (Wildman–Crippen MR) is 84.2 cm³/mol. The average Bonchev–Trinajstić information content (AvgIpc) is 2.42. The molecule has 1 amide bonds. The second kappa shape index (κ2) is 6.52. The summed E-state index contributed by atoms with van der Waals surface area (Å²) in [5, 5.41) is 3.58. The second-order valence-corrected chi connectivity index (χ2v) is 7.90. The molecule has 1 N–H and O–H groups in total. The van der Waals surface area contributed by atoms with Crippen LogP contribution in [-0.2, 0) is 14.8 Å². The fourth-order valence-corrected chi connectivity index (χ4v) is 3.53. The topological polar surface area (TPSA) is 66.5 Å². The number of benzene rings is 1. The first kappa shape index (κ1) is 16.5. The maximum atomic E-state index is 12.3. The Hall–Kier alpha value is -0.820. The monoisotopic (exact) mass is 350 g/mol. The minimum atomic E-state index is -3.27. The highest BCUT2D eigenvalue weighted by atomic mass is 35.5. The van der Waals surface area contributed by atoms with E-state index < -0.39 is 10.0 Å². The molecule has 1 aliphatic heterocycles. The van der Waals surface area contributed by atoms with Gasteiger partial charge >= 0.3 is 0 Å². The zero-order valence-corrected chi connectivity index (χ0v) is 13.8. The number of sulfonamides is 1. The molecule has 0 spiro atoms. The maximum absolute atomic E-state index is 12.3. The lowest BCUT2D eigenvalue weighted by Crippen LogP contribution is -2.43. The number of rotatable bonds is 3. The molecule has 0 unspecified atom stereocenters. The van der Waals surface area contributed by atoms with E-state index in [1.165, 1.54) is 4.31 Å². The van der Waals surface area contributed by atoms with Crippen molar-refractivity contribution >= 4 is 44.8 Å². The van der Waals surface area contributed by atoms with Gasteiger partial charge in [-0.3, -0.25) is 4.79 Å². The zero-order valence-electron chi connectivity index (χ0n) is 11.5. The van der Waals surface area contributed by atoms with Gasteiger partial charge in [0.1, 0.15) is 0 Å². The minimum absolute atomic E-state index is 0.197. The number of carbonyl (C=O) groups excluding carboxylic acids is 1. The highest BCUT2D eigenvalue weighted by Gasteiger charge is 2.30. The summed E-state index contributed by atoms with van der Waals surface area (Å²) in [4.78, 5) is 12.3. The second-order valence-electron chi connectivity index (χ2n) is 5.07. The summed E-state index contributed by atoms with van der Waals surface area (Å²) in [5.41, 5.74) is 0.436. The van der Waals surface area contributed by atoms with Gasteiger partial charge in [-0.1, -0.05) is 23.2 Å². The molecule has 5 nitrogen and oxygen atoms in total. The maximum Gasteiger partial charge on any atom is 0.228 e. The number of carbonyl (C=O) groups is 1. The first-order valence-electron chi connectivity index (χ1n) is 6.48. The van der Waals surface area contributed by atoms with E-state index in [9.17, 15) is 13.2 Å². The van der Waals surface area contributed by atoms with Crippen LogP contribution in [0.5, 0.6) is 0 Å². The Labute approximate surface area is 134 Å². The van der Waals surface area contributed by atoms with Crippen molar-refractivity contribution in [2.45, 2.75) is 12.8 Å². The third kappa shape index (κ3) is 4.32. The molecule has 1 saturated heterocycles. The van der Waals surface area contributed by atoms with Crippen LogP contribution in [0.15, 0.2) is 18.2 Å². The largest absolute Gasteiger partial charge is 0.324 e. The minimum Gasteiger partial charge on any atom is -0.324 e. The van der Waals surface area contributed by atoms with Gasteiger partial charge in [-0.25, -0.2) is 12.7 Å². The first-order chi connectivity index (χ1) is 9.77. The van der Waals surface area contributed by atoms with Crippen LogP contribution in [0.1, 0.15) is 12.8 Å². The summed E-state index contributed by atoms with van der Waals surface area (Å²) >= 11 is 11.9. The van der Waals surface area contributed by atoms with Crippen LogP contribution in [0.4, 0.5) is 5.69 Å². The molecular formula is C13H16Cl2N2O3S. The number of hydrogen-bond acceptors (Lipinski definition) is 3. The van der Waals surface area contributed by atoms with Gasteiger partial charge in [0.25, 0.3) is 0 Å². The Morgan fingerprint density at radius 3 is 2.76 bits per heavy atom. The summed E-state index contributed by atoms with van der Waals surface area (Å²) in [5.74, 6) is -0.629. The highest BCUT2D eigenvalue weighted by Crippen LogP contribution is 2.27. The van der Waals surface area contributed by atoms with Gasteiger partial charge in [-0.2, -0.15) is 0 Å². The van der Waals surface area contributed by atoms with Crippen LogP contribution in [0.3, 0.4) is 0 Å². The molecule has 1 aromatic rings. The molecule has 0 aromatic heterocycles. The smallest absolute Gasteiger partial charge is 0.228 e. The molecule has 1 atom stereocenters. The van der Waals surface area contributed by atoms with Crippen LogP contribution in [0, 0.1) is 5.92 Å². The normalized spacial score (nSPS) is 20.2. The van der Waals surface area contributed by atoms with Crippen molar-refractivity contribution in [1.82, 2.24) is 4.31 Å². The summed E-state index contributed by atoms with van der Waals surface area (Å²) in [6, 6.07) is 4.80. The van der Waals surface area contributed by atoms with Crippen LogP contribution in [-0.4, -0.2) is 38.0 Å². The fourth-order valence-electron chi connectivity index (χ4n) is 2.29. The van der Waals surface area contributed by atoms with Crippen molar-refractivity contribution in [2.24, 2.45) is 5.92 Å². The lowest BCUT2D eigenvalue weighted by Gasteiger charge is -2.30. The van der Waals surface area contributed by atoms with Crippen molar-refractivity contribution in [1.29, 1.82) is 0 Å². The van der Waals surface area contributed by atoms with Crippen LogP contribution in [0.25, 0.3) is 0 Å². The van der Waals surface area contributed by atoms with Gasteiger partial charge in [0, 0.05) is 18.1 Å². The highest BCUT2D eigenvalue weighted by molar-refractivity contribution is 7.88. The van der Waals surface area contributed by atoms with Gasteiger partial charge in [-0.05, 0) is 31.0 Å². The molecule has 0 saturated carbocycles. The molecule has 0 aliphatic carbocycles. The molecule has 0 radical (unpaired) electrons. The van der Waals surface area contributed by atoms with E-state index in [1.807, 2.05) is 0 Å². The third-order valence-electron chi connectivity index (χ3n) is 3.41. The summed E-state index contributed by atoms with van der Waals surface area (Å²) in [6.07, 6.45) is 2.46. The lowest BCUT2D eigenvalue weighted by atomic mass is 9.99. The van der Waals surface area contributed by atoms with E-state index in [4.69, 9.17) is 23.2 Å². The van der Waals surface area contributed by atoms with E-state index >= 15 is 0 Å². The number of halogens is 2. The van der Waals surface area contributed by atoms with E-state index in [0.717, 1.165) is 6.26 Å². The van der Waals surface area contributed by atoms with E-state index in [0.29, 0.717) is 35.1 Å². The molecular weight excluding hydrogens is 335 g/mol. The van der Waals surface area contributed by atoms with Crippen LogP contribution < -0.4 is 5.32 Å². The van der Waals surface area contributed by atoms with Gasteiger partial charge < -0.3 is 5.32 Å². The Morgan fingerprint density at radius 1 is 1.38 bits per heavy atom. The molecule has 1 heterocycles. The van der Waals surface area contributed by atoms with Crippen LogP contribution >= 0.6 is 23.2 Å². The number of hydrogen-bond donors (Lipinski definition) is 1. The molecule has 0 bridgehead atoms. The van der Waals surface area contributed by atoms with Crippen molar-refractivity contribution < 1.29 is 13.2 Å². The molecule has 1 fully saturated rings. The van der Waals surface area contributed by atoms with Gasteiger partial charge in [0.2, 0.25) is 15.9 Å². The number of nitrogens with one attached hydrogen (secondary N) is 1. The van der Waals surface area contributed by atoms with Crippen LogP contribution in [0.2, 0.25) is 10.0 Å². The standard InChI is InChI=1S/C13H16Cl2N2O3S/c1-21(19,20)17-6-2-3-9(8-17)13(18)16-12-7-10(14)4-5-11(12)15/h4-5,7,9H,2-3,6,8H2,1H3,(H,16,18)/t9-/m1/s1.